The smallest absolute Gasteiger partial charge is 0.262 e. The molecular weight excluding hydrogens is 627 g/mol. The van der Waals surface area contributed by atoms with Crippen LogP contribution in [0.3, 0.4) is 0 Å². The molecule has 0 bridgehead atoms. The maximum absolute atomic E-state index is 14.1. The number of aromatic nitrogens is 5. The van der Waals surface area contributed by atoms with E-state index in [4.69, 9.17) is 9.72 Å². The van der Waals surface area contributed by atoms with Gasteiger partial charge < -0.3 is 19.3 Å². The largest absolute Gasteiger partial charge is 0.481 e. The van der Waals surface area contributed by atoms with Crippen LogP contribution in [-0.2, 0) is 24.9 Å². The van der Waals surface area contributed by atoms with Crippen molar-refractivity contribution in [1.82, 2.24) is 33.9 Å². The van der Waals surface area contributed by atoms with Gasteiger partial charge in [-0.2, -0.15) is 0 Å². The van der Waals surface area contributed by atoms with Crippen LogP contribution in [-0.4, -0.2) is 83.8 Å². The number of hydrogen-bond acceptors (Lipinski definition) is 9. The molecule has 1 aromatic carbocycles. The van der Waals surface area contributed by atoms with E-state index in [9.17, 15) is 14.7 Å². The van der Waals surface area contributed by atoms with Gasteiger partial charge in [0, 0.05) is 79.7 Å². The number of likely N-dealkylation sites (tertiary alicyclic amines) is 2. The summed E-state index contributed by atoms with van der Waals surface area (Å²) in [5, 5.41) is 13.0. The van der Waals surface area contributed by atoms with Gasteiger partial charge in [-0.3, -0.25) is 19.1 Å². The van der Waals surface area contributed by atoms with E-state index in [0.29, 0.717) is 42.8 Å². The number of aliphatic hydroxyl groups is 1. The minimum Gasteiger partial charge on any atom is -0.481 e. The molecular formula is C36H41N7O4S. The second kappa shape index (κ2) is 13.3. The third-order valence-corrected chi connectivity index (χ3v) is 10.9. The Bertz CT molecular complexity index is 1980. The Balaban J connectivity index is 1.02. The number of piperidine rings is 2. The molecule has 48 heavy (non-hydrogen) atoms. The van der Waals surface area contributed by atoms with E-state index in [2.05, 4.69) is 27.0 Å². The maximum atomic E-state index is 14.1. The van der Waals surface area contributed by atoms with Crippen molar-refractivity contribution in [2.75, 3.05) is 33.3 Å². The summed E-state index contributed by atoms with van der Waals surface area (Å²) >= 11 is 1.68. The van der Waals surface area contributed by atoms with Crippen molar-refractivity contribution in [3.05, 3.63) is 93.7 Å². The lowest BCUT2D eigenvalue weighted by Gasteiger charge is -2.43. The lowest BCUT2D eigenvalue weighted by molar-refractivity contribution is -0.142. The van der Waals surface area contributed by atoms with Crippen molar-refractivity contribution < 1.29 is 14.6 Å². The van der Waals surface area contributed by atoms with E-state index < -0.39 is 5.60 Å². The van der Waals surface area contributed by atoms with E-state index in [1.165, 1.54) is 21.3 Å². The summed E-state index contributed by atoms with van der Waals surface area (Å²) in [4.78, 5) is 46.3. The fourth-order valence-corrected chi connectivity index (χ4v) is 8.19. The summed E-state index contributed by atoms with van der Waals surface area (Å²) in [6.45, 7) is 5.36. The number of carbonyl (C=O) groups excluding carboxylic acids is 1. The second-order valence-corrected chi connectivity index (χ2v) is 14.3. The molecule has 0 radical (unpaired) electrons. The van der Waals surface area contributed by atoms with Crippen molar-refractivity contribution in [1.29, 1.82) is 0 Å². The summed E-state index contributed by atoms with van der Waals surface area (Å²) < 4.78 is 8.68. The fraction of sp³-hybridized carbons (Fsp3) is 0.417. The SMILES string of the molecule is COc1cc(-c2ncc(CN3CC[C@@H](C(=O)N4CCC(O)(Cn5cnc6c(ccn6C)c5=O)CC4)[C@H](c4ccccc4)C3)s2)cc(C)n1. The highest BCUT2D eigenvalue weighted by molar-refractivity contribution is 7.15. The molecule has 5 aromatic rings. The number of rotatable bonds is 8. The van der Waals surface area contributed by atoms with Crippen LogP contribution in [0.4, 0.5) is 0 Å². The van der Waals surface area contributed by atoms with Gasteiger partial charge in [-0.25, -0.2) is 15.0 Å². The zero-order valence-corrected chi connectivity index (χ0v) is 28.4. The first-order valence-electron chi connectivity index (χ1n) is 16.5. The number of ether oxygens (including phenoxy) is 1. The predicted octanol–water partition coefficient (Wildman–Crippen LogP) is 4.23. The van der Waals surface area contributed by atoms with E-state index >= 15 is 0 Å². The second-order valence-electron chi connectivity index (χ2n) is 13.2. The fourth-order valence-electron chi connectivity index (χ4n) is 7.24. The van der Waals surface area contributed by atoms with Crippen LogP contribution in [0.25, 0.3) is 21.6 Å². The van der Waals surface area contributed by atoms with Gasteiger partial charge in [0.25, 0.3) is 5.56 Å². The normalized spacial score (nSPS) is 19.9. The molecule has 6 heterocycles. The third kappa shape index (κ3) is 6.52. The molecule has 2 atom stereocenters. The summed E-state index contributed by atoms with van der Waals surface area (Å²) in [7, 11) is 3.47. The van der Waals surface area contributed by atoms with Crippen LogP contribution < -0.4 is 10.3 Å². The number of fused-ring (bicyclic) bond motifs is 1. The molecule has 2 fully saturated rings. The van der Waals surface area contributed by atoms with Crippen LogP contribution in [0.5, 0.6) is 5.88 Å². The minimum atomic E-state index is -1.08. The number of methoxy groups -OCH3 is 1. The minimum absolute atomic E-state index is 0.0509. The van der Waals surface area contributed by atoms with E-state index in [0.717, 1.165) is 42.3 Å². The van der Waals surface area contributed by atoms with Crippen LogP contribution in [0.1, 0.15) is 41.3 Å². The highest BCUT2D eigenvalue weighted by Gasteiger charge is 2.41. The van der Waals surface area contributed by atoms with E-state index in [1.807, 2.05) is 66.2 Å². The average Bonchev–Trinajstić information content (AvgIpc) is 3.73. The molecule has 4 aromatic heterocycles. The van der Waals surface area contributed by atoms with Gasteiger partial charge in [0.2, 0.25) is 11.8 Å². The number of aryl methyl sites for hydroxylation is 2. The van der Waals surface area contributed by atoms with Gasteiger partial charge in [-0.1, -0.05) is 30.3 Å². The van der Waals surface area contributed by atoms with Gasteiger partial charge in [0.15, 0.2) is 0 Å². The first kappa shape index (κ1) is 32.2. The molecule has 1 amide bonds. The molecule has 2 aliphatic heterocycles. The van der Waals surface area contributed by atoms with Crippen molar-refractivity contribution in [3.63, 3.8) is 0 Å². The van der Waals surface area contributed by atoms with Crippen molar-refractivity contribution >= 4 is 28.3 Å². The standard InChI is InChI=1S/C36H41N7O4S/c1-24-17-26(18-31(39-24)47-3)33-37-19-27(48-33)20-41-14-10-28(30(21-41)25-7-5-4-6-8-25)34(44)42-15-11-36(46,12-16-42)22-43-23-38-32-29(35(43)45)9-13-40(32)2/h4-9,13,17-19,23,28,30,46H,10-12,14-16,20-22H2,1-3H3/t28-,30+/m1/s1. The number of carbonyl (C=O) groups is 1. The Hall–Kier alpha value is -4.39. The molecule has 2 saturated heterocycles. The molecule has 0 aliphatic carbocycles. The van der Waals surface area contributed by atoms with Crippen molar-refractivity contribution in [3.8, 4) is 16.5 Å². The Morgan fingerprint density at radius 1 is 1.10 bits per heavy atom. The van der Waals surface area contributed by atoms with Gasteiger partial charge in [-0.05, 0) is 50.4 Å². The number of hydrogen-bond donors (Lipinski definition) is 1. The first-order valence-corrected chi connectivity index (χ1v) is 17.3. The van der Waals surface area contributed by atoms with Crippen molar-refractivity contribution in [2.24, 2.45) is 13.0 Å². The molecule has 250 valence electrons. The van der Waals surface area contributed by atoms with Crippen molar-refractivity contribution in [2.45, 2.75) is 50.8 Å². The van der Waals surface area contributed by atoms with Crippen LogP contribution in [0, 0.1) is 12.8 Å². The third-order valence-electron chi connectivity index (χ3n) is 9.88. The molecule has 0 spiro atoms. The quantitative estimate of drug-likeness (QED) is 0.261. The Morgan fingerprint density at radius 3 is 2.67 bits per heavy atom. The number of amides is 1. The van der Waals surface area contributed by atoms with Crippen LogP contribution in [0.2, 0.25) is 0 Å². The number of nitrogens with zero attached hydrogens (tertiary/aromatic N) is 7. The lowest BCUT2D eigenvalue weighted by Crippen LogP contribution is -2.53. The molecule has 12 heteroatoms. The van der Waals surface area contributed by atoms with Gasteiger partial charge in [0.1, 0.15) is 17.0 Å². The zero-order chi connectivity index (χ0) is 33.4. The van der Waals surface area contributed by atoms with Crippen LogP contribution >= 0.6 is 11.3 Å². The van der Waals surface area contributed by atoms with Gasteiger partial charge >= 0.3 is 0 Å². The zero-order valence-electron chi connectivity index (χ0n) is 27.6. The molecule has 2 aliphatic rings. The van der Waals surface area contributed by atoms with Crippen LogP contribution in [0.15, 0.2) is 72.0 Å². The molecule has 0 saturated carbocycles. The summed E-state index contributed by atoms with van der Waals surface area (Å²) in [5.41, 5.74) is 2.43. The molecule has 0 unspecified atom stereocenters. The lowest BCUT2D eigenvalue weighted by atomic mass is 9.79. The highest BCUT2D eigenvalue weighted by Crippen LogP contribution is 2.37. The molecule has 1 N–H and O–H groups in total. The number of pyridine rings is 1. The maximum Gasteiger partial charge on any atom is 0.262 e. The average molecular weight is 668 g/mol. The number of thiazole rings is 1. The topological polar surface area (TPSA) is 119 Å². The van der Waals surface area contributed by atoms with E-state index in [-0.39, 0.29) is 29.8 Å². The summed E-state index contributed by atoms with van der Waals surface area (Å²) in [6, 6.07) is 16.1. The Morgan fingerprint density at radius 2 is 1.90 bits per heavy atom. The Labute approximate surface area is 283 Å². The molecule has 11 nitrogen and oxygen atoms in total. The van der Waals surface area contributed by atoms with E-state index in [1.54, 1.807) is 24.5 Å². The number of benzene rings is 1. The monoisotopic (exact) mass is 667 g/mol. The van der Waals surface area contributed by atoms with Gasteiger partial charge in [-0.15, -0.1) is 11.3 Å². The highest BCUT2D eigenvalue weighted by atomic mass is 32.1. The molecule has 7 rings (SSSR count). The summed E-state index contributed by atoms with van der Waals surface area (Å²) in [5.74, 6) is 0.633. The predicted molar refractivity (Wildman–Crippen MR) is 185 cm³/mol. The first-order chi connectivity index (χ1) is 23.2. The van der Waals surface area contributed by atoms with Gasteiger partial charge in [0.05, 0.1) is 24.6 Å². The summed E-state index contributed by atoms with van der Waals surface area (Å²) in [6.07, 6.45) is 6.85. The Kier molecular flexibility index (Phi) is 8.88.